The lowest BCUT2D eigenvalue weighted by atomic mass is 10.1. The molecule has 0 unspecified atom stereocenters. The zero-order valence-electron chi connectivity index (χ0n) is 12.6. The minimum Gasteiger partial charge on any atom is -0.491 e. The molecule has 1 N–H and O–H groups in total. The standard InChI is InChI=1S/C15H17ClFN3O2/c1-4-22-13-6-5-10(7-12(13)17)9(2)18-15(21)14-11(16)8-20(3)19-14/h5-9H,4H2,1-3H3,(H,18,21)/t9-/m1/s1. The Bertz CT molecular complexity index is 687. The molecule has 1 aromatic carbocycles. The highest BCUT2D eigenvalue weighted by molar-refractivity contribution is 6.33. The van der Waals surface area contributed by atoms with Crippen LogP contribution in [0.2, 0.25) is 5.02 Å². The van der Waals surface area contributed by atoms with Crippen LogP contribution >= 0.6 is 11.6 Å². The minimum absolute atomic E-state index is 0.141. The first kappa shape index (κ1) is 16.3. The summed E-state index contributed by atoms with van der Waals surface area (Å²) in [7, 11) is 1.67. The molecule has 0 aliphatic carbocycles. The van der Waals surface area contributed by atoms with Gasteiger partial charge in [0.05, 0.1) is 17.7 Å². The van der Waals surface area contributed by atoms with Crippen LogP contribution in [0.5, 0.6) is 5.75 Å². The van der Waals surface area contributed by atoms with Gasteiger partial charge >= 0.3 is 0 Å². The number of nitrogens with zero attached hydrogens (tertiary/aromatic N) is 2. The molecule has 1 atom stereocenters. The summed E-state index contributed by atoms with van der Waals surface area (Å²) in [5.74, 6) is -0.679. The number of carbonyl (C=O) groups is 1. The highest BCUT2D eigenvalue weighted by Gasteiger charge is 2.18. The Morgan fingerprint density at radius 1 is 1.55 bits per heavy atom. The summed E-state index contributed by atoms with van der Waals surface area (Å²) in [6, 6.07) is 4.20. The second kappa shape index (κ2) is 6.79. The highest BCUT2D eigenvalue weighted by Crippen LogP contribution is 2.23. The lowest BCUT2D eigenvalue weighted by Gasteiger charge is -2.15. The molecular formula is C15H17ClFN3O2. The summed E-state index contributed by atoms with van der Waals surface area (Å²) >= 11 is 5.93. The molecule has 0 aliphatic heterocycles. The molecule has 22 heavy (non-hydrogen) atoms. The molecule has 1 heterocycles. The van der Waals surface area contributed by atoms with Gasteiger partial charge in [0.25, 0.3) is 5.91 Å². The van der Waals surface area contributed by atoms with E-state index in [1.807, 2.05) is 0 Å². The van der Waals surface area contributed by atoms with E-state index in [9.17, 15) is 9.18 Å². The molecule has 0 spiro atoms. The Labute approximate surface area is 133 Å². The molecule has 0 saturated carbocycles. The lowest BCUT2D eigenvalue weighted by molar-refractivity contribution is 0.0934. The number of aromatic nitrogens is 2. The van der Waals surface area contributed by atoms with E-state index >= 15 is 0 Å². The molecule has 0 bridgehead atoms. The predicted octanol–water partition coefficient (Wildman–Crippen LogP) is 3.10. The molecule has 5 nitrogen and oxygen atoms in total. The molecule has 2 rings (SSSR count). The average Bonchev–Trinajstić information content (AvgIpc) is 2.80. The van der Waals surface area contributed by atoms with Gasteiger partial charge in [0.15, 0.2) is 17.3 Å². The molecule has 0 saturated heterocycles. The Hall–Kier alpha value is -2.08. The van der Waals surface area contributed by atoms with Crippen LogP contribution in [0.15, 0.2) is 24.4 Å². The van der Waals surface area contributed by atoms with Gasteiger partial charge in [-0.05, 0) is 31.5 Å². The van der Waals surface area contributed by atoms with Gasteiger partial charge in [-0.1, -0.05) is 17.7 Å². The fraction of sp³-hybridized carbons (Fsp3) is 0.333. The highest BCUT2D eigenvalue weighted by atomic mass is 35.5. The van der Waals surface area contributed by atoms with Crippen molar-refractivity contribution >= 4 is 17.5 Å². The van der Waals surface area contributed by atoms with Crippen molar-refractivity contribution in [2.45, 2.75) is 19.9 Å². The first-order valence-electron chi connectivity index (χ1n) is 6.84. The van der Waals surface area contributed by atoms with Crippen LogP contribution in [-0.4, -0.2) is 22.3 Å². The van der Waals surface area contributed by atoms with E-state index in [1.165, 1.54) is 16.9 Å². The molecule has 0 radical (unpaired) electrons. The Morgan fingerprint density at radius 2 is 2.27 bits per heavy atom. The van der Waals surface area contributed by atoms with Crippen molar-refractivity contribution in [3.8, 4) is 5.75 Å². The molecule has 0 aliphatic rings. The Morgan fingerprint density at radius 3 is 2.82 bits per heavy atom. The maximum atomic E-state index is 13.9. The van der Waals surface area contributed by atoms with Crippen LogP contribution in [0, 0.1) is 5.82 Å². The van der Waals surface area contributed by atoms with Crippen molar-refractivity contribution < 1.29 is 13.9 Å². The average molecular weight is 326 g/mol. The third-order valence-corrected chi connectivity index (χ3v) is 3.38. The second-order valence-corrected chi connectivity index (χ2v) is 5.22. The number of hydrogen-bond acceptors (Lipinski definition) is 3. The third-order valence-electron chi connectivity index (χ3n) is 3.10. The number of ether oxygens (including phenoxy) is 1. The Balaban J connectivity index is 2.12. The van der Waals surface area contributed by atoms with Crippen molar-refractivity contribution in [3.05, 3.63) is 46.5 Å². The van der Waals surface area contributed by atoms with Crippen LogP contribution in [-0.2, 0) is 7.05 Å². The van der Waals surface area contributed by atoms with Gasteiger partial charge in [0.1, 0.15) is 0 Å². The fourth-order valence-electron chi connectivity index (χ4n) is 2.02. The van der Waals surface area contributed by atoms with E-state index in [2.05, 4.69) is 10.4 Å². The topological polar surface area (TPSA) is 56.1 Å². The number of amides is 1. The molecule has 118 valence electrons. The van der Waals surface area contributed by atoms with Crippen molar-refractivity contribution in [3.63, 3.8) is 0 Å². The number of nitrogens with one attached hydrogen (secondary N) is 1. The summed E-state index contributed by atoms with van der Waals surface area (Å²) in [5.41, 5.74) is 0.767. The molecule has 0 fully saturated rings. The van der Waals surface area contributed by atoms with E-state index in [1.54, 1.807) is 33.0 Å². The van der Waals surface area contributed by atoms with Crippen molar-refractivity contribution in [1.82, 2.24) is 15.1 Å². The van der Waals surface area contributed by atoms with Gasteiger partial charge in [-0.15, -0.1) is 0 Å². The third kappa shape index (κ3) is 3.57. The quantitative estimate of drug-likeness (QED) is 0.919. The predicted molar refractivity (Wildman–Crippen MR) is 81.7 cm³/mol. The number of rotatable bonds is 5. The van der Waals surface area contributed by atoms with Crippen LogP contribution in [0.4, 0.5) is 4.39 Å². The van der Waals surface area contributed by atoms with Crippen molar-refractivity contribution in [2.24, 2.45) is 7.05 Å². The number of hydrogen-bond donors (Lipinski definition) is 1. The summed E-state index contributed by atoms with van der Waals surface area (Å²) < 4.78 is 20.5. The number of halogens is 2. The molecule has 2 aromatic rings. The monoisotopic (exact) mass is 325 g/mol. The van der Waals surface area contributed by atoms with Gasteiger partial charge in [-0.3, -0.25) is 9.48 Å². The van der Waals surface area contributed by atoms with Crippen LogP contribution < -0.4 is 10.1 Å². The SMILES string of the molecule is CCOc1ccc([C@@H](C)NC(=O)c2nn(C)cc2Cl)cc1F. The lowest BCUT2D eigenvalue weighted by Crippen LogP contribution is -2.27. The van der Waals surface area contributed by atoms with Gasteiger partial charge in [0, 0.05) is 13.2 Å². The van der Waals surface area contributed by atoms with E-state index in [4.69, 9.17) is 16.3 Å². The summed E-state index contributed by atoms with van der Waals surface area (Å²) in [5, 5.41) is 7.00. The fourth-order valence-corrected chi connectivity index (χ4v) is 2.29. The smallest absolute Gasteiger partial charge is 0.273 e. The molecule has 1 amide bonds. The maximum absolute atomic E-state index is 13.9. The van der Waals surface area contributed by atoms with E-state index < -0.39 is 17.8 Å². The molecular weight excluding hydrogens is 309 g/mol. The van der Waals surface area contributed by atoms with E-state index in [0.717, 1.165) is 0 Å². The zero-order valence-corrected chi connectivity index (χ0v) is 13.3. The largest absolute Gasteiger partial charge is 0.491 e. The molecule has 7 heteroatoms. The van der Waals surface area contributed by atoms with E-state index in [0.29, 0.717) is 12.2 Å². The van der Waals surface area contributed by atoms with Gasteiger partial charge in [0.2, 0.25) is 0 Å². The summed E-state index contributed by atoms with van der Waals surface area (Å²) in [6.45, 7) is 3.93. The van der Waals surface area contributed by atoms with Crippen LogP contribution in [0.3, 0.4) is 0 Å². The van der Waals surface area contributed by atoms with Gasteiger partial charge < -0.3 is 10.1 Å². The maximum Gasteiger partial charge on any atom is 0.273 e. The van der Waals surface area contributed by atoms with Crippen molar-refractivity contribution in [2.75, 3.05) is 6.61 Å². The van der Waals surface area contributed by atoms with Crippen LogP contribution in [0.25, 0.3) is 0 Å². The Kier molecular flexibility index (Phi) is 5.03. The number of benzene rings is 1. The zero-order chi connectivity index (χ0) is 16.3. The first-order valence-corrected chi connectivity index (χ1v) is 7.22. The summed E-state index contributed by atoms with van der Waals surface area (Å²) in [4.78, 5) is 12.1. The summed E-state index contributed by atoms with van der Waals surface area (Å²) in [6.07, 6.45) is 1.54. The second-order valence-electron chi connectivity index (χ2n) is 4.82. The van der Waals surface area contributed by atoms with Gasteiger partial charge in [-0.25, -0.2) is 4.39 Å². The van der Waals surface area contributed by atoms with Gasteiger partial charge in [-0.2, -0.15) is 5.10 Å². The van der Waals surface area contributed by atoms with E-state index in [-0.39, 0.29) is 16.5 Å². The van der Waals surface area contributed by atoms with Crippen LogP contribution in [0.1, 0.15) is 35.9 Å². The number of carbonyl (C=O) groups excluding carboxylic acids is 1. The number of aryl methyl sites for hydroxylation is 1. The minimum atomic E-state index is -0.462. The first-order chi connectivity index (χ1) is 10.4. The normalized spacial score (nSPS) is 12.0. The molecule has 1 aromatic heterocycles. The van der Waals surface area contributed by atoms with Crippen molar-refractivity contribution in [1.29, 1.82) is 0 Å².